The van der Waals surface area contributed by atoms with E-state index in [2.05, 4.69) is 15.0 Å². The number of hydrogen-bond acceptors (Lipinski definition) is 9. The molecule has 11 nitrogen and oxygen atoms in total. The van der Waals surface area contributed by atoms with Crippen LogP contribution in [0.15, 0.2) is 4.79 Å². The molecule has 4 atom stereocenters. The number of hydrogen-bond donors (Lipinski definition) is 5. The van der Waals surface area contributed by atoms with Gasteiger partial charge in [-0.2, -0.15) is 4.98 Å². The Bertz CT molecular complexity index is 820. The van der Waals surface area contributed by atoms with Crippen LogP contribution in [0.2, 0.25) is 0 Å². The number of aliphatic hydroxyl groups excluding tert-OH is 3. The van der Waals surface area contributed by atoms with Gasteiger partial charge in [0.25, 0.3) is 5.56 Å². The van der Waals surface area contributed by atoms with Gasteiger partial charge in [0.2, 0.25) is 11.9 Å². The molecule has 0 aromatic carbocycles. The normalized spacial score (nSPS) is 26.4. The summed E-state index contributed by atoms with van der Waals surface area (Å²) in [7, 11) is 1.78. The highest BCUT2D eigenvalue weighted by Gasteiger charge is 2.45. The number of ether oxygens (including phenoxy) is 1. The number of H-pyrrole nitrogens is 1. The Balaban J connectivity index is 2.21. The second-order valence-electron chi connectivity index (χ2n) is 6.06. The van der Waals surface area contributed by atoms with E-state index in [0.717, 1.165) is 6.42 Å². The fourth-order valence-electron chi connectivity index (χ4n) is 3.02. The monoisotopic (exact) mass is 354 g/mol. The molecule has 6 N–H and O–H groups in total. The molecule has 1 aliphatic rings. The lowest BCUT2D eigenvalue weighted by molar-refractivity contribution is -0.0504. The van der Waals surface area contributed by atoms with Crippen LogP contribution in [0.25, 0.3) is 11.2 Å². The number of nitrogens with one attached hydrogen (secondary N) is 1. The summed E-state index contributed by atoms with van der Waals surface area (Å²) in [6.07, 6.45) is -3.82. The van der Waals surface area contributed by atoms with Crippen molar-refractivity contribution in [2.75, 3.05) is 30.8 Å². The molecule has 0 amide bonds. The van der Waals surface area contributed by atoms with Crippen LogP contribution in [0.1, 0.15) is 19.6 Å². The van der Waals surface area contributed by atoms with Crippen molar-refractivity contribution in [2.45, 2.75) is 37.9 Å². The van der Waals surface area contributed by atoms with Crippen LogP contribution in [0.5, 0.6) is 0 Å². The van der Waals surface area contributed by atoms with E-state index in [9.17, 15) is 20.1 Å². The highest BCUT2D eigenvalue weighted by Crippen LogP contribution is 2.34. The van der Waals surface area contributed by atoms with Crippen LogP contribution >= 0.6 is 0 Å². The third-order valence-corrected chi connectivity index (χ3v) is 4.22. The van der Waals surface area contributed by atoms with Gasteiger partial charge in [-0.15, -0.1) is 0 Å². The summed E-state index contributed by atoms with van der Waals surface area (Å²) in [5.74, 6) is 0.241. The lowest BCUT2D eigenvalue weighted by atomic mass is 10.1. The van der Waals surface area contributed by atoms with Crippen LogP contribution < -0.4 is 16.2 Å². The molecule has 0 bridgehead atoms. The van der Waals surface area contributed by atoms with E-state index >= 15 is 0 Å². The minimum absolute atomic E-state index is 0.0462. The largest absolute Gasteiger partial charge is 0.394 e. The number of nitrogens with zero attached hydrogens (tertiary/aromatic N) is 4. The lowest BCUT2D eigenvalue weighted by Crippen LogP contribution is -2.34. The minimum atomic E-state index is -1.33. The number of nitrogens with two attached hydrogens (primary N) is 1. The number of imidazole rings is 1. The summed E-state index contributed by atoms with van der Waals surface area (Å²) in [6, 6.07) is 0. The van der Waals surface area contributed by atoms with Gasteiger partial charge in [-0.25, -0.2) is 4.98 Å². The van der Waals surface area contributed by atoms with Crippen molar-refractivity contribution in [3.63, 3.8) is 0 Å². The number of aromatic amines is 1. The zero-order valence-electron chi connectivity index (χ0n) is 14.0. The van der Waals surface area contributed by atoms with Gasteiger partial charge in [0.1, 0.15) is 18.3 Å². The number of rotatable bonds is 5. The van der Waals surface area contributed by atoms with Crippen molar-refractivity contribution in [3.05, 3.63) is 10.4 Å². The fraction of sp³-hybridized carbons (Fsp3) is 0.643. The Labute approximate surface area is 142 Å². The van der Waals surface area contributed by atoms with Gasteiger partial charge in [-0.3, -0.25) is 14.3 Å². The topological polar surface area (TPSA) is 163 Å². The van der Waals surface area contributed by atoms with E-state index in [1.807, 2.05) is 6.92 Å². The van der Waals surface area contributed by atoms with Crippen molar-refractivity contribution in [1.82, 2.24) is 19.5 Å². The SMILES string of the molecule is CCCN(C)c1nc2c(=O)[nH]c(N)nc2n1C1OC(CO)C(O)C1O. The fourth-order valence-corrected chi connectivity index (χ4v) is 3.02. The Morgan fingerprint density at radius 3 is 2.68 bits per heavy atom. The molecule has 25 heavy (non-hydrogen) atoms. The van der Waals surface area contributed by atoms with E-state index in [4.69, 9.17) is 10.5 Å². The average Bonchev–Trinajstić information content (AvgIpc) is 3.07. The quantitative estimate of drug-likeness (QED) is 0.415. The van der Waals surface area contributed by atoms with E-state index in [0.29, 0.717) is 12.5 Å². The van der Waals surface area contributed by atoms with Crippen molar-refractivity contribution in [1.29, 1.82) is 0 Å². The molecule has 3 heterocycles. The van der Waals surface area contributed by atoms with Gasteiger partial charge in [-0.1, -0.05) is 6.92 Å². The molecule has 0 aliphatic carbocycles. The Morgan fingerprint density at radius 2 is 2.08 bits per heavy atom. The average molecular weight is 354 g/mol. The summed E-state index contributed by atoms with van der Waals surface area (Å²) in [4.78, 5) is 24.8. The van der Waals surface area contributed by atoms with E-state index in [-0.39, 0.29) is 17.1 Å². The molecule has 0 saturated carbocycles. The maximum atomic E-state index is 12.2. The molecular weight excluding hydrogens is 332 g/mol. The smallest absolute Gasteiger partial charge is 0.280 e. The van der Waals surface area contributed by atoms with Crippen LogP contribution in [0.4, 0.5) is 11.9 Å². The second kappa shape index (κ2) is 6.59. The molecule has 3 rings (SSSR count). The minimum Gasteiger partial charge on any atom is -0.394 e. The van der Waals surface area contributed by atoms with Crippen LogP contribution in [-0.4, -0.2) is 73.3 Å². The molecule has 4 unspecified atom stereocenters. The molecule has 0 radical (unpaired) electrons. The number of aliphatic hydroxyl groups is 3. The van der Waals surface area contributed by atoms with E-state index in [1.165, 1.54) is 4.57 Å². The molecule has 2 aromatic rings. The first-order valence-electron chi connectivity index (χ1n) is 8.00. The molecule has 0 spiro atoms. The molecule has 1 aliphatic heterocycles. The standard InChI is InChI=1S/C14H22N6O5/c1-3-4-19(2)14-16-7-10(17-13(15)18-11(7)24)20(14)12-9(23)8(22)6(5-21)25-12/h6,8-9,12,21-23H,3-5H2,1-2H3,(H3,15,17,18,24). The zero-order chi connectivity index (χ0) is 18.3. The summed E-state index contributed by atoms with van der Waals surface area (Å²) < 4.78 is 7.02. The maximum absolute atomic E-state index is 12.2. The van der Waals surface area contributed by atoms with Gasteiger partial charge < -0.3 is 30.7 Å². The highest BCUT2D eigenvalue weighted by molar-refractivity contribution is 5.75. The summed E-state index contributed by atoms with van der Waals surface area (Å²) >= 11 is 0. The molecule has 1 fully saturated rings. The van der Waals surface area contributed by atoms with Gasteiger partial charge in [0.05, 0.1) is 6.61 Å². The Hall–Kier alpha value is -2.21. The molecule has 1 saturated heterocycles. The van der Waals surface area contributed by atoms with E-state index < -0.39 is 36.7 Å². The highest BCUT2D eigenvalue weighted by atomic mass is 16.6. The Kier molecular flexibility index (Phi) is 4.64. The first-order chi connectivity index (χ1) is 11.9. The van der Waals surface area contributed by atoms with Crippen LogP contribution in [-0.2, 0) is 4.74 Å². The van der Waals surface area contributed by atoms with Gasteiger partial charge >= 0.3 is 0 Å². The lowest BCUT2D eigenvalue weighted by Gasteiger charge is -2.24. The number of fused-ring (bicyclic) bond motifs is 1. The predicted octanol–water partition coefficient (Wildman–Crippen LogP) is -1.84. The van der Waals surface area contributed by atoms with Crippen molar-refractivity contribution in [3.8, 4) is 0 Å². The third kappa shape index (κ3) is 2.84. The van der Waals surface area contributed by atoms with Crippen molar-refractivity contribution < 1.29 is 20.1 Å². The summed E-state index contributed by atoms with van der Waals surface area (Å²) in [6.45, 7) is 2.15. The van der Waals surface area contributed by atoms with Gasteiger partial charge in [0, 0.05) is 13.6 Å². The van der Waals surface area contributed by atoms with Crippen molar-refractivity contribution >= 4 is 23.1 Å². The summed E-state index contributed by atoms with van der Waals surface area (Å²) in [5.41, 5.74) is 5.30. The maximum Gasteiger partial charge on any atom is 0.280 e. The van der Waals surface area contributed by atoms with Gasteiger partial charge in [0.15, 0.2) is 17.4 Å². The predicted molar refractivity (Wildman–Crippen MR) is 89.1 cm³/mol. The van der Waals surface area contributed by atoms with Crippen LogP contribution in [0.3, 0.4) is 0 Å². The molecular formula is C14H22N6O5. The zero-order valence-corrected chi connectivity index (χ0v) is 14.0. The molecule has 2 aromatic heterocycles. The van der Waals surface area contributed by atoms with Gasteiger partial charge in [-0.05, 0) is 6.42 Å². The van der Waals surface area contributed by atoms with E-state index in [1.54, 1.807) is 11.9 Å². The summed E-state index contributed by atoms with van der Waals surface area (Å²) in [5, 5.41) is 29.7. The third-order valence-electron chi connectivity index (χ3n) is 4.22. The Morgan fingerprint density at radius 1 is 1.36 bits per heavy atom. The molecule has 138 valence electrons. The first-order valence-corrected chi connectivity index (χ1v) is 8.00. The second-order valence-corrected chi connectivity index (χ2v) is 6.06. The number of nitrogen functional groups attached to an aromatic ring is 1. The number of anilines is 2. The molecule has 11 heteroatoms. The number of aromatic nitrogens is 4. The van der Waals surface area contributed by atoms with Crippen LogP contribution in [0, 0.1) is 0 Å². The first kappa shape index (κ1) is 17.6. The van der Waals surface area contributed by atoms with Crippen molar-refractivity contribution in [2.24, 2.45) is 0 Å².